The van der Waals surface area contributed by atoms with Gasteiger partial charge in [-0.1, -0.05) is 23.2 Å². The van der Waals surface area contributed by atoms with Crippen LogP contribution in [0.5, 0.6) is 0 Å². The number of esters is 1. The first kappa shape index (κ1) is 20.2. The molecule has 1 aliphatic heterocycles. The first-order valence-corrected chi connectivity index (χ1v) is 9.48. The Morgan fingerprint density at radius 2 is 1.89 bits per heavy atom. The molecular formula is C20H18Cl2N2O4. The molecule has 6 nitrogen and oxygen atoms in total. The lowest BCUT2D eigenvalue weighted by atomic mass is 10.1. The minimum absolute atomic E-state index is 0.0790. The highest BCUT2D eigenvalue weighted by molar-refractivity contribution is 6.36. The summed E-state index contributed by atoms with van der Waals surface area (Å²) in [6.07, 6.45) is 0.0790. The van der Waals surface area contributed by atoms with E-state index in [1.807, 2.05) is 0 Å². The monoisotopic (exact) mass is 420 g/mol. The Labute approximate surface area is 172 Å². The van der Waals surface area contributed by atoms with Crippen molar-refractivity contribution in [2.75, 3.05) is 23.4 Å². The Kier molecular flexibility index (Phi) is 6.21. The quantitative estimate of drug-likeness (QED) is 0.736. The molecule has 0 bridgehead atoms. The van der Waals surface area contributed by atoms with Crippen LogP contribution in [0.1, 0.15) is 23.7 Å². The molecule has 3 rings (SSSR count). The van der Waals surface area contributed by atoms with Crippen LogP contribution in [0.25, 0.3) is 0 Å². The third-order valence-corrected chi connectivity index (χ3v) is 4.91. The fourth-order valence-corrected chi connectivity index (χ4v) is 3.34. The molecule has 0 spiro atoms. The summed E-state index contributed by atoms with van der Waals surface area (Å²) in [5, 5.41) is 3.63. The molecule has 2 aromatic rings. The zero-order chi connectivity index (χ0) is 20.3. The number of carbonyl (C=O) groups is 3. The lowest BCUT2D eigenvalue weighted by Crippen LogP contribution is -2.28. The molecule has 0 aliphatic carbocycles. The summed E-state index contributed by atoms with van der Waals surface area (Å²) in [4.78, 5) is 38.1. The van der Waals surface area contributed by atoms with Gasteiger partial charge in [-0.3, -0.25) is 9.59 Å². The molecule has 1 N–H and O–H groups in total. The summed E-state index contributed by atoms with van der Waals surface area (Å²) in [6.45, 7) is 2.24. The minimum Gasteiger partial charge on any atom is -0.462 e. The number of amides is 2. The number of nitrogens with zero attached hydrogens (tertiary/aromatic N) is 1. The van der Waals surface area contributed by atoms with Gasteiger partial charge in [-0.25, -0.2) is 4.79 Å². The van der Waals surface area contributed by atoms with Gasteiger partial charge in [0.2, 0.25) is 11.8 Å². The Morgan fingerprint density at radius 3 is 2.57 bits per heavy atom. The molecule has 8 heteroatoms. The molecule has 1 atom stereocenters. The van der Waals surface area contributed by atoms with Crippen molar-refractivity contribution >= 4 is 52.4 Å². The lowest BCUT2D eigenvalue weighted by Gasteiger charge is -2.18. The number of rotatable bonds is 5. The summed E-state index contributed by atoms with van der Waals surface area (Å²) in [7, 11) is 0. The van der Waals surface area contributed by atoms with Crippen LogP contribution in [-0.4, -0.2) is 30.9 Å². The molecule has 2 aromatic carbocycles. The zero-order valence-electron chi connectivity index (χ0n) is 15.1. The van der Waals surface area contributed by atoms with Crippen molar-refractivity contribution in [2.45, 2.75) is 13.3 Å². The predicted molar refractivity (Wildman–Crippen MR) is 108 cm³/mol. The Bertz CT molecular complexity index is 915. The maximum absolute atomic E-state index is 12.6. The van der Waals surface area contributed by atoms with Gasteiger partial charge in [0, 0.05) is 23.7 Å². The van der Waals surface area contributed by atoms with E-state index in [9.17, 15) is 14.4 Å². The molecule has 0 saturated carbocycles. The fraction of sp³-hybridized carbons (Fsp3) is 0.250. The average molecular weight is 421 g/mol. The van der Waals surface area contributed by atoms with Crippen LogP contribution in [0, 0.1) is 5.92 Å². The van der Waals surface area contributed by atoms with E-state index in [-0.39, 0.29) is 24.8 Å². The van der Waals surface area contributed by atoms with E-state index in [1.54, 1.807) is 49.4 Å². The summed E-state index contributed by atoms with van der Waals surface area (Å²) >= 11 is 12.2. The number of anilines is 2. The van der Waals surface area contributed by atoms with Crippen molar-refractivity contribution in [3.63, 3.8) is 0 Å². The van der Waals surface area contributed by atoms with Crippen molar-refractivity contribution < 1.29 is 19.1 Å². The first-order valence-electron chi connectivity index (χ1n) is 8.72. The maximum Gasteiger partial charge on any atom is 0.338 e. The number of ether oxygens (including phenoxy) is 1. The smallest absolute Gasteiger partial charge is 0.338 e. The van der Waals surface area contributed by atoms with E-state index in [1.165, 1.54) is 4.90 Å². The third-order valence-electron chi connectivity index (χ3n) is 4.36. The van der Waals surface area contributed by atoms with E-state index in [4.69, 9.17) is 27.9 Å². The van der Waals surface area contributed by atoms with Gasteiger partial charge < -0.3 is 15.0 Å². The van der Waals surface area contributed by atoms with Gasteiger partial charge in [0.15, 0.2) is 0 Å². The van der Waals surface area contributed by atoms with Crippen LogP contribution < -0.4 is 10.2 Å². The van der Waals surface area contributed by atoms with Crippen LogP contribution in [0.4, 0.5) is 11.4 Å². The van der Waals surface area contributed by atoms with Gasteiger partial charge in [-0.15, -0.1) is 0 Å². The Hall–Kier alpha value is -2.57. The van der Waals surface area contributed by atoms with Crippen LogP contribution in [-0.2, 0) is 14.3 Å². The van der Waals surface area contributed by atoms with Crippen LogP contribution >= 0.6 is 23.2 Å². The molecule has 1 fully saturated rings. The third kappa shape index (κ3) is 4.46. The van der Waals surface area contributed by atoms with E-state index in [2.05, 4.69) is 5.32 Å². The molecule has 1 saturated heterocycles. The summed E-state index contributed by atoms with van der Waals surface area (Å²) in [5.74, 6) is -1.41. The molecule has 0 radical (unpaired) electrons. The van der Waals surface area contributed by atoms with Gasteiger partial charge in [-0.2, -0.15) is 0 Å². The summed E-state index contributed by atoms with van der Waals surface area (Å²) in [6, 6.07) is 11.2. The second-order valence-electron chi connectivity index (χ2n) is 6.29. The second-order valence-corrected chi connectivity index (χ2v) is 7.13. The number of hydrogen-bond donors (Lipinski definition) is 1. The van der Waals surface area contributed by atoms with E-state index in [0.29, 0.717) is 33.6 Å². The topological polar surface area (TPSA) is 75.7 Å². The SMILES string of the molecule is CCOC(=O)c1ccc(NC(=O)[C@@H]2CC(=O)N(c3cc(Cl)ccc3Cl)C2)cc1. The number of hydrogen-bond acceptors (Lipinski definition) is 4. The molecule has 1 heterocycles. The molecule has 0 aromatic heterocycles. The normalized spacial score (nSPS) is 16.2. The number of benzene rings is 2. The van der Waals surface area contributed by atoms with Crippen molar-refractivity contribution in [3.05, 3.63) is 58.1 Å². The highest BCUT2D eigenvalue weighted by Gasteiger charge is 2.36. The molecular weight excluding hydrogens is 403 g/mol. The van der Waals surface area contributed by atoms with Gasteiger partial charge in [0.05, 0.1) is 28.8 Å². The number of carbonyl (C=O) groups excluding carboxylic acids is 3. The largest absolute Gasteiger partial charge is 0.462 e. The van der Waals surface area contributed by atoms with E-state index >= 15 is 0 Å². The highest BCUT2D eigenvalue weighted by atomic mass is 35.5. The molecule has 146 valence electrons. The van der Waals surface area contributed by atoms with Crippen molar-refractivity contribution in [3.8, 4) is 0 Å². The minimum atomic E-state index is -0.521. The summed E-state index contributed by atoms with van der Waals surface area (Å²) < 4.78 is 4.92. The van der Waals surface area contributed by atoms with Gasteiger partial charge in [0.1, 0.15) is 0 Å². The fourth-order valence-electron chi connectivity index (χ4n) is 2.96. The Balaban J connectivity index is 1.66. The number of nitrogens with one attached hydrogen (secondary N) is 1. The van der Waals surface area contributed by atoms with Crippen molar-refractivity contribution in [1.82, 2.24) is 0 Å². The van der Waals surface area contributed by atoms with Crippen LogP contribution in [0.15, 0.2) is 42.5 Å². The lowest BCUT2D eigenvalue weighted by molar-refractivity contribution is -0.122. The van der Waals surface area contributed by atoms with E-state index < -0.39 is 11.9 Å². The van der Waals surface area contributed by atoms with E-state index in [0.717, 1.165) is 0 Å². The average Bonchev–Trinajstić information content (AvgIpc) is 3.06. The van der Waals surface area contributed by atoms with Crippen molar-refractivity contribution in [1.29, 1.82) is 0 Å². The predicted octanol–water partition coefficient (Wildman–Crippen LogP) is 4.16. The first-order chi connectivity index (χ1) is 13.4. The molecule has 2 amide bonds. The molecule has 28 heavy (non-hydrogen) atoms. The van der Waals surface area contributed by atoms with Crippen LogP contribution in [0.2, 0.25) is 10.0 Å². The molecule has 1 aliphatic rings. The van der Waals surface area contributed by atoms with Gasteiger partial charge >= 0.3 is 5.97 Å². The summed E-state index contributed by atoms with van der Waals surface area (Å²) in [5.41, 5.74) is 1.43. The number of halogens is 2. The second kappa shape index (κ2) is 8.63. The zero-order valence-corrected chi connectivity index (χ0v) is 16.6. The highest BCUT2D eigenvalue weighted by Crippen LogP contribution is 2.33. The van der Waals surface area contributed by atoms with Gasteiger partial charge in [-0.05, 0) is 49.4 Å². The maximum atomic E-state index is 12.6. The van der Waals surface area contributed by atoms with Gasteiger partial charge in [0.25, 0.3) is 0 Å². The Morgan fingerprint density at radius 1 is 1.18 bits per heavy atom. The van der Waals surface area contributed by atoms with Crippen molar-refractivity contribution in [2.24, 2.45) is 5.92 Å². The molecule has 0 unspecified atom stereocenters. The standard InChI is InChI=1S/C20H18Cl2N2O4/c1-2-28-20(27)12-3-6-15(7-4-12)23-19(26)13-9-18(25)24(11-13)17-10-14(21)5-8-16(17)22/h3-8,10,13H,2,9,11H2,1H3,(H,23,26)/t13-/m1/s1. The van der Waals surface area contributed by atoms with Crippen LogP contribution in [0.3, 0.4) is 0 Å².